The summed E-state index contributed by atoms with van der Waals surface area (Å²) in [6.07, 6.45) is 0. The molecule has 0 spiro atoms. The Kier molecular flexibility index (Phi) is 4.57. The number of thiophene rings is 1. The van der Waals surface area contributed by atoms with Crippen molar-refractivity contribution in [2.75, 3.05) is 7.05 Å². The molecule has 0 fully saturated rings. The van der Waals surface area contributed by atoms with E-state index < -0.39 is 6.04 Å². The molecule has 0 radical (unpaired) electrons. The summed E-state index contributed by atoms with van der Waals surface area (Å²) in [4.78, 5) is 16.6. The standard InChI is InChI=1S/C16H20N2OS/c1-11-9-10-14(20-11)12(2)18(3)16(19)15(17)13-7-5-4-6-8-13/h4-10,12,15H,17H2,1-3H3. The van der Waals surface area contributed by atoms with E-state index in [0.29, 0.717) is 0 Å². The van der Waals surface area contributed by atoms with Crippen LogP contribution >= 0.6 is 11.3 Å². The smallest absolute Gasteiger partial charge is 0.244 e. The molecule has 0 saturated heterocycles. The topological polar surface area (TPSA) is 46.3 Å². The van der Waals surface area contributed by atoms with E-state index in [0.717, 1.165) is 5.56 Å². The molecule has 2 atom stereocenters. The van der Waals surface area contributed by atoms with Gasteiger partial charge in [-0.05, 0) is 31.5 Å². The predicted octanol–water partition coefficient (Wildman–Crippen LogP) is 3.28. The molecule has 1 aromatic carbocycles. The van der Waals surface area contributed by atoms with Gasteiger partial charge in [-0.15, -0.1) is 11.3 Å². The molecule has 4 heteroatoms. The number of carbonyl (C=O) groups excluding carboxylic acids is 1. The Labute approximate surface area is 124 Å². The Bertz CT molecular complexity index is 579. The molecule has 0 aliphatic carbocycles. The first kappa shape index (κ1) is 14.8. The highest BCUT2D eigenvalue weighted by Gasteiger charge is 2.24. The van der Waals surface area contributed by atoms with Gasteiger partial charge in [0, 0.05) is 16.8 Å². The van der Waals surface area contributed by atoms with E-state index in [9.17, 15) is 4.79 Å². The number of nitrogens with two attached hydrogens (primary N) is 1. The fraction of sp³-hybridized carbons (Fsp3) is 0.312. The second-order valence-electron chi connectivity index (χ2n) is 4.96. The molecule has 2 aromatic rings. The minimum Gasteiger partial charge on any atom is -0.337 e. The van der Waals surface area contributed by atoms with E-state index in [-0.39, 0.29) is 11.9 Å². The number of nitrogens with zero attached hydrogens (tertiary/aromatic N) is 1. The van der Waals surface area contributed by atoms with Crippen molar-refractivity contribution in [3.63, 3.8) is 0 Å². The maximum atomic E-state index is 12.5. The number of benzene rings is 1. The number of hydrogen-bond donors (Lipinski definition) is 1. The zero-order valence-corrected chi connectivity index (χ0v) is 12.9. The van der Waals surface area contributed by atoms with Gasteiger partial charge >= 0.3 is 0 Å². The zero-order chi connectivity index (χ0) is 14.7. The molecule has 2 unspecified atom stereocenters. The summed E-state index contributed by atoms with van der Waals surface area (Å²) < 4.78 is 0. The van der Waals surface area contributed by atoms with Gasteiger partial charge in [-0.2, -0.15) is 0 Å². The molecular weight excluding hydrogens is 268 g/mol. The number of likely N-dealkylation sites (N-methyl/N-ethyl adjacent to an activating group) is 1. The van der Waals surface area contributed by atoms with Crippen molar-refractivity contribution >= 4 is 17.2 Å². The molecule has 3 nitrogen and oxygen atoms in total. The molecule has 0 bridgehead atoms. The molecular formula is C16H20N2OS. The Balaban J connectivity index is 2.12. The number of hydrogen-bond acceptors (Lipinski definition) is 3. The van der Waals surface area contributed by atoms with E-state index in [1.165, 1.54) is 9.75 Å². The van der Waals surface area contributed by atoms with Crippen LogP contribution in [-0.4, -0.2) is 17.9 Å². The molecule has 2 rings (SSSR count). The van der Waals surface area contributed by atoms with Gasteiger partial charge in [0.05, 0.1) is 6.04 Å². The third-order valence-corrected chi connectivity index (χ3v) is 4.70. The van der Waals surface area contributed by atoms with Gasteiger partial charge in [0.1, 0.15) is 6.04 Å². The Morgan fingerprint density at radius 3 is 2.40 bits per heavy atom. The van der Waals surface area contributed by atoms with Crippen LogP contribution in [0, 0.1) is 6.92 Å². The first-order valence-electron chi connectivity index (χ1n) is 6.64. The Morgan fingerprint density at radius 1 is 1.20 bits per heavy atom. The fourth-order valence-corrected chi connectivity index (χ4v) is 3.05. The van der Waals surface area contributed by atoms with E-state index in [2.05, 4.69) is 19.1 Å². The van der Waals surface area contributed by atoms with Gasteiger partial charge in [-0.1, -0.05) is 30.3 Å². The molecule has 0 aliphatic heterocycles. The normalized spacial score (nSPS) is 13.8. The lowest BCUT2D eigenvalue weighted by Gasteiger charge is -2.27. The average molecular weight is 288 g/mol. The van der Waals surface area contributed by atoms with E-state index in [1.807, 2.05) is 44.3 Å². The summed E-state index contributed by atoms with van der Waals surface area (Å²) >= 11 is 1.71. The van der Waals surface area contributed by atoms with Crippen molar-refractivity contribution in [1.29, 1.82) is 0 Å². The summed E-state index contributed by atoms with van der Waals surface area (Å²) in [7, 11) is 1.81. The van der Waals surface area contributed by atoms with Crippen molar-refractivity contribution in [2.24, 2.45) is 5.73 Å². The summed E-state index contributed by atoms with van der Waals surface area (Å²) in [5, 5.41) is 0. The molecule has 106 valence electrons. The number of aryl methyl sites for hydroxylation is 1. The Morgan fingerprint density at radius 2 is 1.85 bits per heavy atom. The maximum Gasteiger partial charge on any atom is 0.244 e. The van der Waals surface area contributed by atoms with E-state index in [1.54, 1.807) is 16.2 Å². The van der Waals surface area contributed by atoms with Crippen LogP contribution < -0.4 is 5.73 Å². The average Bonchev–Trinajstić information content (AvgIpc) is 2.91. The summed E-state index contributed by atoms with van der Waals surface area (Å²) in [5.74, 6) is -0.0604. The van der Waals surface area contributed by atoms with Gasteiger partial charge in [0.2, 0.25) is 5.91 Å². The molecule has 20 heavy (non-hydrogen) atoms. The molecule has 1 heterocycles. The highest BCUT2D eigenvalue weighted by molar-refractivity contribution is 7.12. The van der Waals surface area contributed by atoms with Gasteiger partial charge in [0.25, 0.3) is 0 Å². The lowest BCUT2D eigenvalue weighted by molar-refractivity contribution is -0.133. The van der Waals surface area contributed by atoms with Crippen LogP contribution in [0.15, 0.2) is 42.5 Å². The lowest BCUT2D eigenvalue weighted by atomic mass is 10.1. The van der Waals surface area contributed by atoms with Crippen LogP contribution in [0.25, 0.3) is 0 Å². The second-order valence-corrected chi connectivity index (χ2v) is 6.28. The summed E-state index contributed by atoms with van der Waals surface area (Å²) in [6, 6.07) is 13.1. The highest BCUT2D eigenvalue weighted by atomic mass is 32.1. The lowest BCUT2D eigenvalue weighted by Crippen LogP contribution is -2.37. The zero-order valence-electron chi connectivity index (χ0n) is 12.0. The summed E-state index contributed by atoms with van der Waals surface area (Å²) in [6.45, 7) is 4.10. The third kappa shape index (κ3) is 3.08. The van der Waals surface area contributed by atoms with Crippen LogP contribution in [0.4, 0.5) is 0 Å². The number of carbonyl (C=O) groups is 1. The Hall–Kier alpha value is -1.65. The highest BCUT2D eigenvalue weighted by Crippen LogP contribution is 2.27. The van der Waals surface area contributed by atoms with Crippen LogP contribution in [0.5, 0.6) is 0 Å². The molecule has 1 amide bonds. The van der Waals surface area contributed by atoms with Crippen molar-refractivity contribution in [3.8, 4) is 0 Å². The van der Waals surface area contributed by atoms with Gasteiger partial charge in [-0.25, -0.2) is 0 Å². The fourth-order valence-electron chi connectivity index (χ4n) is 2.08. The SMILES string of the molecule is Cc1ccc(C(C)N(C)C(=O)C(N)c2ccccc2)s1. The van der Waals surface area contributed by atoms with E-state index >= 15 is 0 Å². The molecule has 2 N–H and O–H groups in total. The molecule has 0 aliphatic rings. The van der Waals surface area contributed by atoms with Crippen molar-refractivity contribution in [2.45, 2.75) is 25.9 Å². The minimum atomic E-state index is -0.607. The maximum absolute atomic E-state index is 12.5. The molecule has 1 aromatic heterocycles. The van der Waals surface area contributed by atoms with Gasteiger partial charge < -0.3 is 10.6 Å². The summed E-state index contributed by atoms with van der Waals surface area (Å²) in [5.41, 5.74) is 6.92. The predicted molar refractivity (Wildman–Crippen MR) is 83.6 cm³/mol. The van der Waals surface area contributed by atoms with Crippen LogP contribution in [-0.2, 0) is 4.79 Å². The van der Waals surface area contributed by atoms with Crippen LogP contribution in [0.3, 0.4) is 0 Å². The first-order chi connectivity index (χ1) is 9.50. The van der Waals surface area contributed by atoms with Gasteiger partial charge in [-0.3, -0.25) is 4.79 Å². The van der Waals surface area contributed by atoms with Crippen molar-refractivity contribution in [1.82, 2.24) is 4.90 Å². The monoisotopic (exact) mass is 288 g/mol. The third-order valence-electron chi connectivity index (χ3n) is 3.53. The van der Waals surface area contributed by atoms with E-state index in [4.69, 9.17) is 5.73 Å². The second kappa shape index (κ2) is 6.20. The van der Waals surface area contributed by atoms with Crippen LogP contribution in [0.1, 0.15) is 34.3 Å². The largest absolute Gasteiger partial charge is 0.337 e. The quantitative estimate of drug-likeness (QED) is 0.938. The molecule has 0 saturated carbocycles. The van der Waals surface area contributed by atoms with Crippen molar-refractivity contribution < 1.29 is 4.79 Å². The number of amides is 1. The van der Waals surface area contributed by atoms with Crippen molar-refractivity contribution in [3.05, 3.63) is 57.8 Å². The first-order valence-corrected chi connectivity index (χ1v) is 7.46. The number of rotatable bonds is 4. The van der Waals surface area contributed by atoms with Gasteiger partial charge in [0.15, 0.2) is 0 Å². The van der Waals surface area contributed by atoms with Crippen LogP contribution in [0.2, 0.25) is 0 Å². The minimum absolute atomic E-state index is 0.0379.